The molecule has 1 aromatic rings. The van der Waals surface area contributed by atoms with E-state index in [-0.39, 0.29) is 42.8 Å². The third-order valence-electron chi connectivity index (χ3n) is 3.70. The fourth-order valence-electron chi connectivity index (χ4n) is 2.51. The molecule has 5 nitrogen and oxygen atoms in total. The van der Waals surface area contributed by atoms with Gasteiger partial charge in [0.25, 0.3) is 17.0 Å². The van der Waals surface area contributed by atoms with Crippen molar-refractivity contribution in [3.8, 4) is 0 Å². The van der Waals surface area contributed by atoms with Crippen molar-refractivity contribution in [1.82, 2.24) is 0 Å². The summed E-state index contributed by atoms with van der Waals surface area (Å²) in [5.41, 5.74) is 0.741. The molecule has 1 aromatic carbocycles. The van der Waals surface area contributed by atoms with E-state index in [0.29, 0.717) is 11.3 Å². The van der Waals surface area contributed by atoms with Crippen LogP contribution in [0.1, 0.15) is 28.8 Å². The molecule has 1 heterocycles. The summed E-state index contributed by atoms with van der Waals surface area (Å²) in [5, 5.41) is 10.3. The van der Waals surface area contributed by atoms with Gasteiger partial charge in [0.15, 0.2) is 0 Å². The van der Waals surface area contributed by atoms with Gasteiger partial charge in [-0.1, -0.05) is 0 Å². The maximum atomic E-state index is 12.6. The Kier molecular flexibility index (Phi) is 4.75. The van der Waals surface area contributed by atoms with Crippen molar-refractivity contribution < 1.29 is 18.5 Å². The van der Waals surface area contributed by atoms with Crippen molar-refractivity contribution in [2.45, 2.75) is 19.8 Å². The van der Waals surface area contributed by atoms with Gasteiger partial charge in [0.1, 0.15) is 0 Å². The Bertz CT molecular complexity index is 662. The van der Waals surface area contributed by atoms with Crippen LogP contribution in [0.2, 0.25) is 0 Å². The molecule has 0 N–H and O–H groups in total. The number of hydrogen-bond acceptors (Lipinski definition) is 4. The Labute approximate surface area is 130 Å². The maximum Gasteiger partial charge on any atom is 0.274 e. The van der Waals surface area contributed by atoms with Gasteiger partial charge in [0, 0.05) is 24.7 Å². The van der Waals surface area contributed by atoms with Crippen LogP contribution >= 0.6 is 11.6 Å². The third-order valence-corrected chi connectivity index (χ3v) is 3.90. The van der Waals surface area contributed by atoms with Crippen LogP contribution < -0.4 is 4.90 Å². The lowest BCUT2D eigenvalue weighted by atomic mass is 10.0. The molecule has 22 heavy (non-hydrogen) atoms. The van der Waals surface area contributed by atoms with Crippen molar-refractivity contribution in [3.63, 3.8) is 0 Å². The number of nitrogens with zero attached hydrogens (tertiary/aromatic N) is 2. The van der Waals surface area contributed by atoms with Gasteiger partial charge in [0.05, 0.1) is 16.2 Å². The number of benzene rings is 1. The second kappa shape index (κ2) is 6.39. The third kappa shape index (κ3) is 3.24. The lowest BCUT2D eigenvalue weighted by Gasteiger charge is -2.31. The number of halogens is 3. The topological polar surface area (TPSA) is 63.5 Å². The minimum Gasteiger partial charge on any atom is -0.370 e. The zero-order valence-corrected chi connectivity index (χ0v) is 12.5. The highest BCUT2D eigenvalue weighted by atomic mass is 35.5. The summed E-state index contributed by atoms with van der Waals surface area (Å²) in [6.07, 6.45) is -1.37. The summed E-state index contributed by atoms with van der Waals surface area (Å²) in [4.78, 5) is 23.7. The van der Waals surface area contributed by atoms with Gasteiger partial charge in [-0.05, 0) is 43.0 Å². The minimum atomic E-state index is -1.68. The molecular formula is C14H13ClF2N2O3. The second-order valence-electron chi connectivity index (χ2n) is 5.04. The summed E-state index contributed by atoms with van der Waals surface area (Å²) in [5.74, 6) is 0. The highest BCUT2D eigenvalue weighted by Crippen LogP contribution is 2.33. The van der Waals surface area contributed by atoms with Gasteiger partial charge in [-0.15, -0.1) is 0 Å². The predicted molar refractivity (Wildman–Crippen MR) is 78.7 cm³/mol. The Balaban J connectivity index is 2.41. The maximum absolute atomic E-state index is 12.6. The van der Waals surface area contributed by atoms with E-state index < -0.39 is 16.2 Å². The molecule has 0 saturated carbocycles. The molecular weight excluding hydrogens is 318 g/mol. The standard InChI is InChI=1S/C14H13ClF2N2O3/c1-8-6-10(13(15)20)12(7-11(8)19(21)22)18-4-2-9(3-5-18)14(16)17/h6-7H,2-5H2,1H3. The molecule has 8 heteroatoms. The predicted octanol–water partition coefficient (Wildman–Crippen LogP) is 4.03. The first-order valence-corrected chi connectivity index (χ1v) is 6.96. The van der Waals surface area contributed by atoms with Gasteiger partial charge in [-0.3, -0.25) is 14.9 Å². The number of carbonyl (C=O) groups excluding carboxylic acids is 1. The van der Waals surface area contributed by atoms with Gasteiger partial charge in [0.2, 0.25) is 0 Å². The van der Waals surface area contributed by atoms with Crippen LogP contribution in [0, 0.1) is 17.0 Å². The van der Waals surface area contributed by atoms with Crippen LogP contribution in [0.25, 0.3) is 0 Å². The molecule has 0 aliphatic carbocycles. The van der Waals surface area contributed by atoms with E-state index in [4.69, 9.17) is 11.6 Å². The number of nitro groups is 1. The fraction of sp³-hybridized carbons (Fsp3) is 0.357. The Morgan fingerprint density at radius 1 is 1.32 bits per heavy atom. The smallest absolute Gasteiger partial charge is 0.274 e. The number of nitro benzene ring substituents is 1. The summed E-state index contributed by atoms with van der Waals surface area (Å²) in [6, 6.07) is 2.65. The average Bonchev–Trinajstić information content (AvgIpc) is 2.46. The molecule has 2 rings (SSSR count). The number of aryl methyl sites for hydroxylation is 1. The van der Waals surface area contributed by atoms with Gasteiger partial charge in [-0.25, -0.2) is 0 Å². The Hall–Kier alpha value is -2.02. The summed E-state index contributed by atoms with van der Waals surface area (Å²) in [6.45, 7) is 2.02. The molecule has 0 bridgehead atoms. The van der Waals surface area contributed by atoms with Crippen molar-refractivity contribution >= 4 is 28.2 Å². The van der Waals surface area contributed by atoms with E-state index in [1.165, 1.54) is 19.1 Å². The Morgan fingerprint density at radius 2 is 1.91 bits per heavy atom. The van der Waals surface area contributed by atoms with Crippen LogP contribution in [0.4, 0.5) is 20.2 Å². The van der Waals surface area contributed by atoms with Gasteiger partial charge >= 0.3 is 0 Å². The summed E-state index contributed by atoms with van der Waals surface area (Å²) < 4.78 is 25.2. The van der Waals surface area contributed by atoms with E-state index in [2.05, 4.69) is 0 Å². The van der Waals surface area contributed by atoms with Gasteiger partial charge < -0.3 is 4.90 Å². The zero-order chi connectivity index (χ0) is 16.4. The molecule has 1 fully saturated rings. The molecule has 1 saturated heterocycles. The van der Waals surface area contributed by atoms with E-state index in [0.717, 1.165) is 0 Å². The first-order valence-electron chi connectivity index (χ1n) is 6.58. The molecule has 0 atom stereocenters. The lowest BCUT2D eigenvalue weighted by molar-refractivity contribution is -0.385. The molecule has 118 valence electrons. The van der Waals surface area contributed by atoms with Crippen molar-refractivity contribution in [3.05, 3.63) is 45.0 Å². The number of anilines is 1. The molecule has 0 spiro atoms. The summed E-state index contributed by atoms with van der Waals surface area (Å²) in [7, 11) is 0. The molecule has 0 amide bonds. The zero-order valence-electron chi connectivity index (χ0n) is 11.7. The van der Waals surface area contributed by atoms with Crippen LogP contribution in [0.15, 0.2) is 23.8 Å². The van der Waals surface area contributed by atoms with Crippen molar-refractivity contribution in [2.24, 2.45) is 0 Å². The van der Waals surface area contributed by atoms with Crippen molar-refractivity contribution in [2.75, 3.05) is 18.0 Å². The SMILES string of the molecule is Cc1cc(C(=O)Cl)c(N2CCC(=C(F)F)CC2)cc1[N+](=O)[O-]. The number of rotatable bonds is 3. The van der Waals surface area contributed by atoms with E-state index in [1.54, 1.807) is 4.90 Å². The van der Waals surface area contributed by atoms with Gasteiger partial charge in [-0.2, -0.15) is 8.78 Å². The molecule has 1 aliphatic heterocycles. The first-order chi connectivity index (χ1) is 10.3. The second-order valence-corrected chi connectivity index (χ2v) is 5.38. The van der Waals surface area contributed by atoms with Crippen LogP contribution in [0.3, 0.4) is 0 Å². The monoisotopic (exact) mass is 330 g/mol. The molecule has 1 aliphatic rings. The normalized spacial score (nSPS) is 14.9. The van der Waals surface area contributed by atoms with Crippen molar-refractivity contribution in [1.29, 1.82) is 0 Å². The highest BCUT2D eigenvalue weighted by molar-refractivity contribution is 6.68. The average molecular weight is 331 g/mol. The molecule has 0 unspecified atom stereocenters. The fourth-order valence-corrected chi connectivity index (χ4v) is 2.66. The summed E-state index contributed by atoms with van der Waals surface area (Å²) >= 11 is 5.55. The minimum absolute atomic E-state index is 0.0802. The van der Waals surface area contributed by atoms with Crippen LogP contribution in [-0.2, 0) is 0 Å². The first kappa shape index (κ1) is 16.4. The van der Waals surface area contributed by atoms with E-state index >= 15 is 0 Å². The quantitative estimate of drug-likeness (QED) is 0.477. The highest BCUT2D eigenvalue weighted by Gasteiger charge is 2.25. The number of piperidine rings is 1. The molecule has 0 radical (unpaired) electrons. The lowest BCUT2D eigenvalue weighted by Crippen LogP contribution is -2.32. The number of carbonyl (C=O) groups is 1. The van der Waals surface area contributed by atoms with E-state index in [1.807, 2.05) is 0 Å². The van der Waals surface area contributed by atoms with Crippen LogP contribution in [0.5, 0.6) is 0 Å². The Morgan fingerprint density at radius 3 is 2.36 bits per heavy atom. The van der Waals surface area contributed by atoms with Crippen LogP contribution in [-0.4, -0.2) is 23.3 Å². The largest absolute Gasteiger partial charge is 0.370 e. The van der Waals surface area contributed by atoms with E-state index in [9.17, 15) is 23.7 Å². The molecule has 0 aromatic heterocycles. The number of hydrogen-bond donors (Lipinski definition) is 0.